The fourth-order valence-corrected chi connectivity index (χ4v) is 0.0170. The van der Waals surface area contributed by atoms with Crippen molar-refractivity contribution in [2.45, 2.75) is 0 Å². The summed E-state index contributed by atoms with van der Waals surface area (Å²) in [7, 11) is 0. The van der Waals surface area contributed by atoms with Crippen molar-refractivity contribution in [2.75, 3.05) is 0 Å². The Kier molecular flexibility index (Phi) is 6.80. The molecular weight excluding hydrogens is 141 g/mol. The van der Waals surface area contributed by atoms with Crippen molar-refractivity contribution in [2.24, 2.45) is 0 Å². The van der Waals surface area contributed by atoms with Gasteiger partial charge >= 0.3 is 0 Å². The summed E-state index contributed by atoms with van der Waals surface area (Å²) in [5, 5.41) is 8.53. The van der Waals surface area contributed by atoms with Gasteiger partial charge in [-0.1, -0.05) is 0 Å². The maximum atomic E-state index is 9.11. The average molecular weight is 145 g/mol. The van der Waals surface area contributed by atoms with Crippen LogP contribution in [0.3, 0.4) is 0 Å². The average Bonchev–Trinajstić information content (AvgIpc) is 1.75. The van der Waals surface area contributed by atoms with E-state index in [-0.39, 0.29) is 34.7 Å². The summed E-state index contributed by atoms with van der Waals surface area (Å²) in [4.78, 5) is 7.14. The van der Waals surface area contributed by atoms with Crippen LogP contribution in [-0.2, 0) is 27.3 Å². The van der Waals surface area contributed by atoms with Crippen LogP contribution in [0.25, 0.3) is 0 Å². The smallest absolute Gasteiger partial charge is 0.187 e. The van der Waals surface area contributed by atoms with Gasteiger partial charge in [0, 0.05) is 17.4 Å². The minimum absolute atomic E-state index is 0. The largest absolute Gasteiger partial charge is 0.561 e. The first-order chi connectivity index (χ1) is 1.89. The Morgan fingerprint density at radius 3 is 1.50 bits per heavy atom. The summed E-state index contributed by atoms with van der Waals surface area (Å²) in [5.41, 5.74) is 0. The van der Waals surface area contributed by atoms with Gasteiger partial charge in [-0.25, -0.2) is 0 Å². The van der Waals surface area contributed by atoms with E-state index in [1.807, 2.05) is 0 Å². The van der Waals surface area contributed by atoms with E-state index in [1.165, 1.54) is 0 Å². The molecule has 0 unspecified atom stereocenters. The summed E-state index contributed by atoms with van der Waals surface area (Å²) in [6.45, 7) is 0. The number of hydrogen-bond acceptors (Lipinski definition) is 3. The molecule has 0 amide bonds. The van der Waals surface area contributed by atoms with Gasteiger partial charge in [-0.3, -0.25) is 0 Å². The van der Waals surface area contributed by atoms with Gasteiger partial charge in [0.25, 0.3) is 0 Å². The Morgan fingerprint density at radius 2 is 1.50 bits per heavy atom. The van der Waals surface area contributed by atoms with E-state index in [0.29, 0.717) is 0 Å². The topological polar surface area (TPSA) is 52.6 Å². The van der Waals surface area contributed by atoms with Gasteiger partial charge in [0.2, 0.25) is 0 Å². The molecule has 0 saturated carbocycles. The second-order valence-corrected chi connectivity index (χ2v) is 0.417. The molecule has 6 heteroatoms. The van der Waals surface area contributed by atoms with E-state index in [9.17, 15) is 0 Å². The van der Waals surface area contributed by atoms with Crippen LogP contribution in [-0.4, -0.2) is 17.4 Å². The molecule has 0 atom stereocenters. The van der Waals surface area contributed by atoms with E-state index in [2.05, 4.69) is 9.98 Å². The zero-order chi connectivity index (χ0) is 2.99. The van der Waals surface area contributed by atoms with Crippen LogP contribution in [0.1, 0.15) is 0 Å². The molecule has 0 spiro atoms. The van der Waals surface area contributed by atoms with Crippen molar-refractivity contribution >= 4 is 17.4 Å². The van der Waals surface area contributed by atoms with Crippen molar-refractivity contribution in [1.82, 2.24) is 0 Å². The van der Waals surface area contributed by atoms with Gasteiger partial charge in [0.05, 0.1) is 9.98 Å². The molecule has 1 aliphatic rings. The van der Waals surface area contributed by atoms with Crippen molar-refractivity contribution in [1.29, 1.82) is 0 Å². The van der Waals surface area contributed by atoms with Crippen LogP contribution >= 0.6 is 0 Å². The quantitative estimate of drug-likeness (QED) is 0.171. The van der Waals surface area contributed by atoms with Gasteiger partial charge < -0.3 is 5.21 Å². The number of quaternary nitrogens is 1. The van der Waals surface area contributed by atoms with Gasteiger partial charge in [0.1, 0.15) is 0 Å². The van der Waals surface area contributed by atoms with Gasteiger partial charge in [-0.15, -0.1) is 0 Å². The summed E-state index contributed by atoms with van der Waals surface area (Å²) >= 11 is 0. The van der Waals surface area contributed by atoms with Gasteiger partial charge in [-0.05, 0) is 5.39 Å². The number of hydrogen-bond donors (Lipinski definition) is 1. The molecule has 6 heavy (non-hydrogen) atoms. The second kappa shape index (κ2) is 4.07. The van der Waals surface area contributed by atoms with Crippen molar-refractivity contribution in [3.8, 4) is 0 Å². The van der Waals surface area contributed by atoms with Crippen molar-refractivity contribution < 1.29 is 32.7 Å². The van der Waals surface area contributed by atoms with Crippen molar-refractivity contribution in [3.05, 3.63) is 5.21 Å². The zero-order valence-electron chi connectivity index (χ0n) is 2.13. The Hall–Kier alpha value is 0.905. The normalized spacial score (nSPS) is 17.5. The van der Waals surface area contributed by atoms with Gasteiger partial charge in [0.15, 0.2) is 17.4 Å². The molecule has 1 N–H and O–H groups in total. The molecular formula is H4AlCrNO3. The van der Waals surface area contributed by atoms with Gasteiger partial charge in [-0.2, -0.15) is 0 Å². The van der Waals surface area contributed by atoms with Crippen LogP contribution in [0.2, 0.25) is 0 Å². The Bertz CT molecular complexity index is 30.0. The van der Waals surface area contributed by atoms with Crippen LogP contribution in [0, 0.1) is 5.21 Å². The fourth-order valence-electron chi connectivity index (χ4n) is 0.0170. The molecule has 1 aliphatic heterocycles. The van der Waals surface area contributed by atoms with Crippen molar-refractivity contribution in [3.63, 3.8) is 0 Å². The molecule has 0 aliphatic carbocycles. The first-order valence-corrected chi connectivity index (χ1v) is 0.779. The predicted octanol–water partition coefficient (Wildman–Crippen LogP) is -3.03. The Balaban J connectivity index is 0. The molecule has 1 rings (SSSR count). The molecule has 0 aromatic heterocycles. The molecule has 0 bridgehead atoms. The Morgan fingerprint density at radius 1 is 1.33 bits per heavy atom. The van der Waals surface area contributed by atoms with E-state index in [1.54, 1.807) is 0 Å². The number of rotatable bonds is 0. The zero-order valence-corrected chi connectivity index (χ0v) is 3.41. The minimum Gasteiger partial charge on any atom is -0.561 e. The first kappa shape index (κ1) is 10.0. The van der Waals surface area contributed by atoms with Crippen LogP contribution in [0.15, 0.2) is 0 Å². The second-order valence-electron chi connectivity index (χ2n) is 0.417. The van der Waals surface area contributed by atoms with Crippen LogP contribution < -0.4 is 5.39 Å². The third kappa shape index (κ3) is 4.90. The molecule has 1 heterocycles. The monoisotopic (exact) mass is 145 g/mol. The molecule has 0 radical (unpaired) electrons. The standard InChI is InChI=1S/Al.Cr.HNO3.3H/c;;2-1-3-4-1;;;/h;;1H;;;. The number of nitrogens with one attached hydrogen (secondary N) is 1. The Labute approximate surface area is 55.7 Å². The van der Waals surface area contributed by atoms with E-state index in [4.69, 9.17) is 5.21 Å². The molecule has 0 aromatic rings. The fraction of sp³-hybridized carbons (Fsp3) is 0. The first-order valence-electron chi connectivity index (χ1n) is 0.779. The summed E-state index contributed by atoms with van der Waals surface area (Å²) in [5.74, 6) is 0. The summed E-state index contributed by atoms with van der Waals surface area (Å²) < 4.78 is 0. The predicted molar refractivity (Wildman–Crippen MR) is 16.4 cm³/mol. The molecule has 0 aromatic carbocycles. The molecule has 36 valence electrons. The third-order valence-electron chi connectivity index (χ3n) is 0.151. The minimum atomic E-state index is -0.583. The summed E-state index contributed by atoms with van der Waals surface area (Å²) in [6, 6.07) is 0. The molecule has 1 saturated heterocycles. The molecule has 1 fully saturated rings. The molecule has 4 nitrogen and oxygen atoms in total. The van der Waals surface area contributed by atoms with Crippen LogP contribution in [0.4, 0.5) is 0 Å². The maximum Gasteiger partial charge on any atom is 0.187 e. The van der Waals surface area contributed by atoms with E-state index in [0.717, 1.165) is 0 Å². The van der Waals surface area contributed by atoms with Crippen LogP contribution in [0.5, 0.6) is 0 Å². The SMILES string of the molecule is [AlH3].[Cr].[O-][NH+]1OO1. The maximum absolute atomic E-state index is 9.11. The third-order valence-corrected chi connectivity index (χ3v) is 0.151. The van der Waals surface area contributed by atoms with E-state index < -0.39 is 5.39 Å². The van der Waals surface area contributed by atoms with E-state index >= 15 is 0 Å². The summed E-state index contributed by atoms with van der Waals surface area (Å²) in [6.07, 6.45) is 0.